The van der Waals surface area contributed by atoms with E-state index in [2.05, 4.69) is 0 Å². The Morgan fingerprint density at radius 2 is 2.14 bits per heavy atom. The lowest BCUT2D eigenvalue weighted by Crippen LogP contribution is -2.19. The number of carbonyl (C=O) groups excluding carboxylic acids is 1. The van der Waals surface area contributed by atoms with Gasteiger partial charge in [-0.05, 0) is 49.2 Å². The van der Waals surface area contributed by atoms with Gasteiger partial charge in [-0.1, -0.05) is 11.6 Å². The predicted octanol–water partition coefficient (Wildman–Crippen LogP) is 3.18. The molecule has 0 heterocycles. The summed E-state index contributed by atoms with van der Waals surface area (Å²) < 4.78 is 5.32. The molecule has 1 aromatic carbocycles. The zero-order valence-corrected chi connectivity index (χ0v) is 9.39. The van der Waals surface area contributed by atoms with Gasteiger partial charge in [-0.25, -0.2) is 0 Å². The number of hydrogen-bond acceptors (Lipinski definition) is 2. The number of aryl methyl sites for hydroxylation is 1. The van der Waals surface area contributed by atoms with Gasteiger partial charge in [0.2, 0.25) is 0 Å². The van der Waals surface area contributed by atoms with Crippen LogP contribution in [-0.4, -0.2) is 11.3 Å². The summed E-state index contributed by atoms with van der Waals surface area (Å²) in [5.74, 6) is 0.621. The SMILES string of the molecule is Cc1cc(Cl)ccc1OC(C)C(=O)Cl. The van der Waals surface area contributed by atoms with E-state index in [4.69, 9.17) is 27.9 Å². The van der Waals surface area contributed by atoms with Gasteiger partial charge in [0.25, 0.3) is 5.24 Å². The number of benzene rings is 1. The molecule has 2 nitrogen and oxygen atoms in total. The van der Waals surface area contributed by atoms with Gasteiger partial charge in [-0.2, -0.15) is 0 Å². The molecule has 1 rings (SSSR count). The minimum atomic E-state index is -0.642. The van der Waals surface area contributed by atoms with Gasteiger partial charge in [-0.3, -0.25) is 4.79 Å². The van der Waals surface area contributed by atoms with Crippen LogP contribution in [-0.2, 0) is 4.79 Å². The number of ether oxygens (including phenoxy) is 1. The third-order valence-corrected chi connectivity index (χ3v) is 2.30. The van der Waals surface area contributed by atoms with Crippen LogP contribution in [0.1, 0.15) is 12.5 Å². The average molecular weight is 233 g/mol. The summed E-state index contributed by atoms with van der Waals surface area (Å²) in [5.41, 5.74) is 0.877. The minimum absolute atomic E-state index is 0.514. The van der Waals surface area contributed by atoms with Gasteiger partial charge in [0, 0.05) is 5.02 Å². The van der Waals surface area contributed by atoms with Crippen LogP contribution in [0.25, 0.3) is 0 Å². The van der Waals surface area contributed by atoms with Crippen molar-refractivity contribution < 1.29 is 9.53 Å². The molecule has 0 amide bonds. The Morgan fingerprint density at radius 1 is 1.50 bits per heavy atom. The summed E-state index contributed by atoms with van der Waals surface area (Å²) in [6.07, 6.45) is -0.642. The molecule has 0 saturated carbocycles. The van der Waals surface area contributed by atoms with E-state index in [1.165, 1.54) is 0 Å². The standard InChI is InChI=1S/C10H10Cl2O2/c1-6-5-8(11)3-4-9(6)14-7(2)10(12)13/h3-5,7H,1-2H3. The molecule has 0 aliphatic rings. The highest BCUT2D eigenvalue weighted by molar-refractivity contribution is 6.64. The van der Waals surface area contributed by atoms with Gasteiger partial charge in [-0.15, -0.1) is 0 Å². The molecule has 0 fully saturated rings. The Hall–Kier alpha value is -0.730. The van der Waals surface area contributed by atoms with Crippen molar-refractivity contribution in [2.24, 2.45) is 0 Å². The molecule has 76 valence electrons. The highest BCUT2D eigenvalue weighted by Gasteiger charge is 2.12. The van der Waals surface area contributed by atoms with Gasteiger partial charge >= 0.3 is 0 Å². The summed E-state index contributed by atoms with van der Waals surface area (Å²) in [6.45, 7) is 3.45. The molecule has 0 bridgehead atoms. The lowest BCUT2D eigenvalue weighted by Gasteiger charge is -2.12. The summed E-state index contributed by atoms with van der Waals surface area (Å²) in [6, 6.07) is 5.19. The van der Waals surface area contributed by atoms with Gasteiger partial charge in [0.05, 0.1) is 0 Å². The van der Waals surface area contributed by atoms with Crippen LogP contribution in [0.5, 0.6) is 5.75 Å². The van der Waals surface area contributed by atoms with E-state index in [0.717, 1.165) is 5.56 Å². The van der Waals surface area contributed by atoms with E-state index in [9.17, 15) is 4.79 Å². The normalized spacial score (nSPS) is 12.3. The van der Waals surface area contributed by atoms with Crippen LogP contribution in [0.3, 0.4) is 0 Å². The van der Waals surface area contributed by atoms with E-state index in [0.29, 0.717) is 10.8 Å². The molecule has 1 atom stereocenters. The maximum absolute atomic E-state index is 10.7. The fraction of sp³-hybridized carbons (Fsp3) is 0.300. The first-order chi connectivity index (χ1) is 6.50. The smallest absolute Gasteiger partial charge is 0.262 e. The summed E-state index contributed by atoms with van der Waals surface area (Å²) in [5, 5.41) is 0.124. The molecule has 0 aliphatic heterocycles. The Labute approximate surface area is 92.8 Å². The molecule has 0 saturated heterocycles. The van der Waals surface area contributed by atoms with E-state index >= 15 is 0 Å². The van der Waals surface area contributed by atoms with Crippen LogP contribution in [0.4, 0.5) is 0 Å². The molecular formula is C10H10Cl2O2. The van der Waals surface area contributed by atoms with Crippen molar-refractivity contribution in [2.45, 2.75) is 20.0 Å². The summed E-state index contributed by atoms with van der Waals surface area (Å²) in [7, 11) is 0. The zero-order valence-electron chi connectivity index (χ0n) is 7.88. The Bertz CT molecular complexity index is 350. The molecule has 14 heavy (non-hydrogen) atoms. The maximum Gasteiger partial charge on any atom is 0.262 e. The van der Waals surface area contributed by atoms with Crippen molar-refractivity contribution in [1.82, 2.24) is 0 Å². The summed E-state index contributed by atoms with van der Waals surface area (Å²) in [4.78, 5) is 10.7. The van der Waals surface area contributed by atoms with Crippen LogP contribution >= 0.6 is 23.2 Å². The molecule has 0 aliphatic carbocycles. The second-order valence-electron chi connectivity index (χ2n) is 2.97. The lowest BCUT2D eigenvalue weighted by atomic mass is 10.2. The Kier molecular flexibility index (Phi) is 3.78. The maximum atomic E-state index is 10.7. The van der Waals surface area contributed by atoms with Crippen molar-refractivity contribution in [2.75, 3.05) is 0 Å². The molecule has 0 radical (unpaired) electrons. The number of hydrogen-bond donors (Lipinski definition) is 0. The van der Waals surface area contributed by atoms with Gasteiger partial charge in [0.15, 0.2) is 6.10 Å². The van der Waals surface area contributed by atoms with Crippen molar-refractivity contribution in [1.29, 1.82) is 0 Å². The molecule has 4 heteroatoms. The number of carbonyl (C=O) groups is 1. The molecule has 1 aromatic rings. The van der Waals surface area contributed by atoms with E-state index < -0.39 is 11.3 Å². The first-order valence-corrected chi connectivity index (χ1v) is 4.88. The minimum Gasteiger partial charge on any atom is -0.481 e. The van der Waals surface area contributed by atoms with Crippen molar-refractivity contribution in [3.05, 3.63) is 28.8 Å². The number of rotatable bonds is 3. The van der Waals surface area contributed by atoms with E-state index in [-0.39, 0.29) is 0 Å². The molecule has 0 aromatic heterocycles. The van der Waals surface area contributed by atoms with Gasteiger partial charge in [0.1, 0.15) is 5.75 Å². The largest absolute Gasteiger partial charge is 0.481 e. The van der Waals surface area contributed by atoms with Crippen molar-refractivity contribution in [3.63, 3.8) is 0 Å². The average Bonchev–Trinajstić information content (AvgIpc) is 2.09. The van der Waals surface area contributed by atoms with Crippen molar-refractivity contribution >= 4 is 28.4 Å². The first-order valence-electron chi connectivity index (χ1n) is 4.13. The van der Waals surface area contributed by atoms with E-state index in [1.54, 1.807) is 25.1 Å². The third-order valence-electron chi connectivity index (χ3n) is 1.76. The second-order valence-corrected chi connectivity index (χ2v) is 3.78. The van der Waals surface area contributed by atoms with Crippen LogP contribution in [0, 0.1) is 6.92 Å². The van der Waals surface area contributed by atoms with Crippen LogP contribution in [0.2, 0.25) is 5.02 Å². The topological polar surface area (TPSA) is 26.3 Å². The highest BCUT2D eigenvalue weighted by Crippen LogP contribution is 2.23. The Balaban J connectivity index is 2.82. The van der Waals surface area contributed by atoms with Crippen LogP contribution in [0.15, 0.2) is 18.2 Å². The zero-order chi connectivity index (χ0) is 10.7. The Morgan fingerprint density at radius 3 is 2.64 bits per heavy atom. The van der Waals surface area contributed by atoms with E-state index in [1.807, 2.05) is 6.92 Å². The molecule has 0 spiro atoms. The lowest BCUT2D eigenvalue weighted by molar-refractivity contribution is -0.117. The third kappa shape index (κ3) is 2.89. The highest BCUT2D eigenvalue weighted by atomic mass is 35.5. The molecule has 0 N–H and O–H groups in total. The van der Waals surface area contributed by atoms with Crippen LogP contribution < -0.4 is 4.74 Å². The first kappa shape index (κ1) is 11.3. The number of halogens is 2. The predicted molar refractivity (Wildman–Crippen MR) is 57.1 cm³/mol. The fourth-order valence-electron chi connectivity index (χ4n) is 0.982. The fourth-order valence-corrected chi connectivity index (χ4v) is 1.25. The van der Waals surface area contributed by atoms with Crippen molar-refractivity contribution in [3.8, 4) is 5.75 Å². The van der Waals surface area contributed by atoms with Gasteiger partial charge < -0.3 is 4.74 Å². The second kappa shape index (κ2) is 4.67. The quantitative estimate of drug-likeness (QED) is 0.749. The summed E-state index contributed by atoms with van der Waals surface area (Å²) >= 11 is 11.0. The monoisotopic (exact) mass is 232 g/mol. The molecular weight excluding hydrogens is 223 g/mol. The molecule has 1 unspecified atom stereocenters.